The van der Waals surface area contributed by atoms with Gasteiger partial charge in [-0.15, -0.1) is 0 Å². The first kappa shape index (κ1) is 20.7. The first-order valence-corrected chi connectivity index (χ1v) is 9.67. The average molecular weight is 419 g/mol. The average Bonchev–Trinajstić information content (AvgIpc) is 2.73. The van der Waals surface area contributed by atoms with Crippen molar-refractivity contribution in [3.63, 3.8) is 0 Å². The van der Waals surface area contributed by atoms with Gasteiger partial charge < -0.3 is 25.4 Å². The Morgan fingerprint density at radius 1 is 1.28 bits per heavy atom. The Bertz CT molecular complexity index is 900. The van der Waals surface area contributed by atoms with Crippen LogP contribution in [0.3, 0.4) is 0 Å². The number of nitrogens with zero attached hydrogens (tertiary/aromatic N) is 2. The van der Waals surface area contributed by atoms with E-state index in [2.05, 4.69) is 15.2 Å². The molecule has 1 aliphatic rings. The van der Waals surface area contributed by atoms with Gasteiger partial charge in [0, 0.05) is 24.8 Å². The fourth-order valence-electron chi connectivity index (χ4n) is 3.18. The first-order valence-electron chi connectivity index (χ1n) is 9.29. The van der Waals surface area contributed by atoms with E-state index in [4.69, 9.17) is 26.8 Å². The fraction of sp³-hybridized carbons (Fsp3) is 0.350. The topological polar surface area (TPSA) is 107 Å². The van der Waals surface area contributed by atoms with Gasteiger partial charge in [-0.25, -0.2) is 4.98 Å². The summed E-state index contributed by atoms with van der Waals surface area (Å²) in [6.45, 7) is 1.47. The van der Waals surface area contributed by atoms with Gasteiger partial charge in [0.1, 0.15) is 0 Å². The van der Waals surface area contributed by atoms with E-state index in [0.29, 0.717) is 5.69 Å². The number of ether oxygens (including phenoxy) is 2. The molecule has 0 saturated carbocycles. The molecule has 29 heavy (non-hydrogen) atoms. The number of carbonyl (C=O) groups excluding carboxylic acids is 2. The number of pyridine rings is 1. The molecular formula is C20H23ClN4O4. The molecule has 2 heterocycles. The summed E-state index contributed by atoms with van der Waals surface area (Å²) >= 11 is 6.24. The number of anilines is 2. The van der Waals surface area contributed by atoms with Crippen LogP contribution in [0, 0.1) is 0 Å². The maximum Gasteiger partial charge on any atom is 0.255 e. The summed E-state index contributed by atoms with van der Waals surface area (Å²) in [4.78, 5) is 30.4. The van der Waals surface area contributed by atoms with Crippen molar-refractivity contribution in [2.45, 2.75) is 19.3 Å². The summed E-state index contributed by atoms with van der Waals surface area (Å²) in [5.74, 6) is 0.121. The van der Waals surface area contributed by atoms with Gasteiger partial charge in [-0.1, -0.05) is 11.6 Å². The number of amides is 2. The van der Waals surface area contributed by atoms with Crippen LogP contribution in [-0.2, 0) is 4.79 Å². The Balaban J connectivity index is 1.82. The summed E-state index contributed by atoms with van der Waals surface area (Å²) in [5, 5.41) is 3.04. The highest BCUT2D eigenvalue weighted by molar-refractivity contribution is 6.32. The lowest BCUT2D eigenvalue weighted by atomic mass is 10.1. The van der Waals surface area contributed by atoms with Crippen LogP contribution in [0.15, 0.2) is 30.5 Å². The maximum atomic E-state index is 12.9. The molecule has 1 aromatic carbocycles. The number of methoxy groups -OCH3 is 1. The molecular weight excluding hydrogens is 396 g/mol. The molecule has 0 bridgehead atoms. The largest absolute Gasteiger partial charge is 0.493 e. The Kier molecular flexibility index (Phi) is 6.77. The predicted octanol–water partition coefficient (Wildman–Crippen LogP) is 2.85. The van der Waals surface area contributed by atoms with Crippen molar-refractivity contribution in [2.24, 2.45) is 5.73 Å². The zero-order chi connectivity index (χ0) is 20.8. The van der Waals surface area contributed by atoms with Gasteiger partial charge in [-0.2, -0.15) is 0 Å². The third kappa shape index (κ3) is 5.08. The normalized spacial score (nSPS) is 13.7. The number of rotatable bonds is 7. The molecule has 0 radical (unpaired) electrons. The summed E-state index contributed by atoms with van der Waals surface area (Å²) in [6.07, 6.45) is 5.12. The summed E-state index contributed by atoms with van der Waals surface area (Å²) in [5.41, 5.74) is 6.01. The van der Waals surface area contributed by atoms with Crippen molar-refractivity contribution in [1.82, 2.24) is 4.98 Å². The molecule has 8 nitrogen and oxygen atoms in total. The van der Waals surface area contributed by atoms with Crippen molar-refractivity contribution in [3.05, 3.63) is 41.0 Å². The fourth-order valence-corrected chi connectivity index (χ4v) is 3.45. The highest BCUT2D eigenvalue weighted by Crippen LogP contribution is 2.37. The summed E-state index contributed by atoms with van der Waals surface area (Å²) in [7, 11) is 1.42. The van der Waals surface area contributed by atoms with Gasteiger partial charge in [-0.3, -0.25) is 9.59 Å². The lowest BCUT2D eigenvalue weighted by Gasteiger charge is -2.29. The Morgan fingerprint density at radius 2 is 2.03 bits per heavy atom. The first-order chi connectivity index (χ1) is 14.0. The molecule has 2 aromatic rings. The number of halogens is 1. The zero-order valence-electron chi connectivity index (χ0n) is 16.1. The molecule has 0 unspecified atom stereocenters. The number of aromatic nitrogens is 1. The van der Waals surface area contributed by atoms with E-state index in [1.807, 2.05) is 6.07 Å². The van der Waals surface area contributed by atoms with Crippen LogP contribution < -0.4 is 25.4 Å². The number of carbonyl (C=O) groups is 2. The number of benzene rings is 1. The van der Waals surface area contributed by atoms with Gasteiger partial charge in [0.25, 0.3) is 11.8 Å². The molecule has 1 aromatic heterocycles. The minimum absolute atomic E-state index is 0.137. The molecule has 0 spiro atoms. The van der Waals surface area contributed by atoms with Gasteiger partial charge >= 0.3 is 0 Å². The van der Waals surface area contributed by atoms with E-state index >= 15 is 0 Å². The number of primary amides is 1. The Labute approximate surface area is 173 Å². The van der Waals surface area contributed by atoms with Crippen LogP contribution in [0.5, 0.6) is 11.5 Å². The zero-order valence-corrected chi connectivity index (χ0v) is 16.9. The number of nitrogens with one attached hydrogen (secondary N) is 1. The van der Waals surface area contributed by atoms with Crippen LogP contribution in [0.4, 0.5) is 11.5 Å². The summed E-state index contributed by atoms with van der Waals surface area (Å²) < 4.78 is 10.5. The van der Waals surface area contributed by atoms with E-state index in [1.54, 1.807) is 12.3 Å². The third-order valence-electron chi connectivity index (χ3n) is 4.54. The van der Waals surface area contributed by atoms with Crippen molar-refractivity contribution in [2.75, 3.05) is 37.0 Å². The molecule has 2 amide bonds. The smallest absolute Gasteiger partial charge is 0.255 e. The second-order valence-corrected chi connectivity index (χ2v) is 7.03. The second-order valence-electron chi connectivity index (χ2n) is 6.62. The molecule has 0 atom stereocenters. The van der Waals surface area contributed by atoms with Crippen LogP contribution >= 0.6 is 11.6 Å². The quantitative estimate of drug-likeness (QED) is 0.716. The number of hydrogen-bond acceptors (Lipinski definition) is 6. The molecule has 3 N–H and O–H groups in total. The van der Waals surface area contributed by atoms with E-state index in [0.717, 1.165) is 31.7 Å². The molecule has 9 heteroatoms. The highest BCUT2D eigenvalue weighted by Gasteiger charge is 2.20. The van der Waals surface area contributed by atoms with E-state index in [9.17, 15) is 9.59 Å². The van der Waals surface area contributed by atoms with E-state index in [1.165, 1.54) is 25.7 Å². The standard InChI is InChI=1S/C20H23ClN4O4/c1-28-16-11-13(10-14(21)18(16)29-12-17(22)26)20(27)24-15-6-5-7-23-19(15)25-8-3-2-4-9-25/h5-7,10-11H,2-4,8-9,12H2,1H3,(H2,22,26)(H,24,27). The number of hydrogen-bond donors (Lipinski definition) is 2. The maximum absolute atomic E-state index is 12.9. The predicted molar refractivity (Wildman–Crippen MR) is 111 cm³/mol. The van der Waals surface area contributed by atoms with Crippen LogP contribution in [0.25, 0.3) is 0 Å². The van der Waals surface area contributed by atoms with Gasteiger partial charge in [0.15, 0.2) is 23.9 Å². The molecule has 0 aliphatic carbocycles. The van der Waals surface area contributed by atoms with Crippen LogP contribution in [-0.4, -0.2) is 43.6 Å². The lowest BCUT2D eigenvalue weighted by Crippen LogP contribution is -2.31. The molecule has 1 aliphatic heterocycles. The molecule has 1 saturated heterocycles. The highest BCUT2D eigenvalue weighted by atomic mass is 35.5. The van der Waals surface area contributed by atoms with Crippen molar-refractivity contribution in [1.29, 1.82) is 0 Å². The number of piperidine rings is 1. The van der Waals surface area contributed by atoms with E-state index in [-0.39, 0.29) is 34.6 Å². The number of nitrogens with two attached hydrogens (primary N) is 1. The van der Waals surface area contributed by atoms with E-state index < -0.39 is 5.91 Å². The lowest BCUT2D eigenvalue weighted by molar-refractivity contribution is -0.119. The van der Waals surface area contributed by atoms with Crippen LogP contribution in [0.1, 0.15) is 29.6 Å². The minimum atomic E-state index is -0.647. The summed E-state index contributed by atoms with van der Waals surface area (Å²) in [6, 6.07) is 6.54. The second kappa shape index (κ2) is 9.47. The van der Waals surface area contributed by atoms with Crippen molar-refractivity contribution in [3.8, 4) is 11.5 Å². The van der Waals surface area contributed by atoms with Crippen LogP contribution in [0.2, 0.25) is 5.02 Å². The SMILES string of the molecule is COc1cc(C(=O)Nc2cccnc2N2CCCCC2)cc(Cl)c1OCC(N)=O. The van der Waals surface area contributed by atoms with Gasteiger partial charge in [-0.05, 0) is 43.5 Å². The molecule has 154 valence electrons. The Morgan fingerprint density at radius 3 is 2.72 bits per heavy atom. The Hall–Kier alpha value is -3.00. The van der Waals surface area contributed by atoms with Gasteiger partial charge in [0.05, 0.1) is 17.8 Å². The molecule has 3 rings (SSSR count). The monoisotopic (exact) mass is 418 g/mol. The van der Waals surface area contributed by atoms with Crippen molar-refractivity contribution < 1.29 is 19.1 Å². The molecule has 1 fully saturated rings. The van der Waals surface area contributed by atoms with Crippen molar-refractivity contribution >= 4 is 34.9 Å². The third-order valence-corrected chi connectivity index (χ3v) is 4.82. The minimum Gasteiger partial charge on any atom is -0.493 e. The van der Waals surface area contributed by atoms with Gasteiger partial charge in [0.2, 0.25) is 0 Å².